The van der Waals surface area contributed by atoms with Gasteiger partial charge in [-0.15, -0.1) is 0 Å². The van der Waals surface area contributed by atoms with Crippen molar-refractivity contribution in [2.45, 2.75) is 46.1 Å². The lowest BCUT2D eigenvalue weighted by molar-refractivity contribution is 0.1000. The van der Waals surface area contributed by atoms with Crippen LogP contribution in [0.3, 0.4) is 0 Å². The van der Waals surface area contributed by atoms with Gasteiger partial charge in [-0.2, -0.15) is 0 Å². The van der Waals surface area contributed by atoms with E-state index < -0.39 is 0 Å². The van der Waals surface area contributed by atoms with Crippen molar-refractivity contribution in [2.24, 2.45) is 5.73 Å². The average Bonchev–Trinajstić information content (AvgIpc) is 2.98. The summed E-state index contributed by atoms with van der Waals surface area (Å²) in [6.45, 7) is 4.91. The molecule has 0 spiro atoms. The summed E-state index contributed by atoms with van der Waals surface area (Å²) in [6.07, 6.45) is 3.83. The molecule has 0 saturated carbocycles. The minimum atomic E-state index is -0.387. The van der Waals surface area contributed by atoms with E-state index in [-0.39, 0.29) is 11.7 Å². The van der Waals surface area contributed by atoms with Crippen LogP contribution in [0.2, 0.25) is 0 Å². The predicted octanol–water partition coefficient (Wildman–Crippen LogP) is 5.62. The zero-order valence-electron chi connectivity index (χ0n) is 16.9. The first kappa shape index (κ1) is 21.2. The van der Waals surface area contributed by atoms with Crippen LogP contribution in [0, 0.1) is 6.92 Å². The summed E-state index contributed by atoms with van der Waals surface area (Å²) in [7, 11) is 0. The van der Waals surface area contributed by atoms with Crippen molar-refractivity contribution in [3.63, 3.8) is 0 Å². The smallest absolute Gasteiger partial charge is 0.251 e. The number of benzene rings is 2. The number of unbranched alkanes of at least 4 members (excludes halogenated alkanes) is 1. The number of aromatic hydroxyl groups is 1. The van der Waals surface area contributed by atoms with Gasteiger partial charge in [0, 0.05) is 28.0 Å². The van der Waals surface area contributed by atoms with Crippen LogP contribution in [0.25, 0.3) is 11.1 Å². The minimum absolute atomic E-state index is 0.267. The molecule has 3 aromatic rings. The Morgan fingerprint density at radius 3 is 2.31 bits per heavy atom. The maximum Gasteiger partial charge on any atom is 0.251 e. The van der Waals surface area contributed by atoms with E-state index in [1.807, 2.05) is 43.3 Å². The molecule has 4 nitrogen and oxygen atoms in total. The van der Waals surface area contributed by atoms with E-state index in [0.29, 0.717) is 5.56 Å². The number of phenols is 1. The first-order valence-electron chi connectivity index (χ1n) is 9.98. The van der Waals surface area contributed by atoms with Crippen molar-refractivity contribution < 1.29 is 9.90 Å². The van der Waals surface area contributed by atoms with E-state index >= 15 is 0 Å². The molecule has 2 aromatic carbocycles. The summed E-state index contributed by atoms with van der Waals surface area (Å²) >= 11 is 3.49. The number of primary amides is 1. The summed E-state index contributed by atoms with van der Waals surface area (Å²) in [5.74, 6) is -0.121. The Balaban J connectivity index is 2.08. The third-order valence-corrected chi connectivity index (χ3v) is 5.87. The molecule has 0 saturated heterocycles. The number of aryl methyl sites for hydroxylation is 1. The maximum atomic E-state index is 12.4. The molecular formula is C24H27BrN2O2. The van der Waals surface area contributed by atoms with Crippen molar-refractivity contribution in [3.8, 4) is 16.9 Å². The first-order chi connectivity index (χ1) is 13.9. The molecule has 0 bridgehead atoms. The van der Waals surface area contributed by atoms with Crippen LogP contribution in [-0.2, 0) is 19.4 Å². The standard InChI is InChI=1S/C24H27BrN2O2/c1-3-4-5-21-23(18-8-10-19(25)11-9-18)22(24(26)29)16(2)27(21)15-14-17-6-12-20(28)13-7-17/h6-13,28H,3-5,14-15H2,1-2H3,(H2,26,29). The summed E-state index contributed by atoms with van der Waals surface area (Å²) in [5, 5.41) is 9.51. The van der Waals surface area contributed by atoms with Gasteiger partial charge in [-0.1, -0.05) is 53.5 Å². The number of rotatable bonds is 8. The Labute approximate surface area is 180 Å². The highest BCUT2D eigenvalue weighted by atomic mass is 79.9. The van der Waals surface area contributed by atoms with Gasteiger partial charge in [-0.3, -0.25) is 4.79 Å². The normalized spacial score (nSPS) is 11.0. The van der Waals surface area contributed by atoms with Gasteiger partial charge in [0.2, 0.25) is 0 Å². The zero-order valence-corrected chi connectivity index (χ0v) is 18.5. The van der Waals surface area contributed by atoms with Gasteiger partial charge in [-0.25, -0.2) is 0 Å². The molecule has 5 heteroatoms. The lowest BCUT2D eigenvalue weighted by Gasteiger charge is -2.13. The van der Waals surface area contributed by atoms with Crippen molar-refractivity contribution in [2.75, 3.05) is 0 Å². The average molecular weight is 455 g/mol. The highest BCUT2D eigenvalue weighted by molar-refractivity contribution is 9.10. The summed E-state index contributed by atoms with van der Waals surface area (Å²) in [4.78, 5) is 12.4. The maximum absolute atomic E-state index is 12.4. The molecule has 0 aliphatic heterocycles. The predicted molar refractivity (Wildman–Crippen MR) is 121 cm³/mol. The fourth-order valence-corrected chi connectivity index (χ4v) is 4.10. The second kappa shape index (κ2) is 9.31. The zero-order chi connectivity index (χ0) is 21.0. The van der Waals surface area contributed by atoms with Crippen LogP contribution in [0.15, 0.2) is 53.0 Å². The lowest BCUT2D eigenvalue weighted by Crippen LogP contribution is -2.14. The van der Waals surface area contributed by atoms with E-state index in [0.717, 1.165) is 59.1 Å². The molecule has 0 unspecified atom stereocenters. The number of carbonyl (C=O) groups is 1. The molecule has 1 aromatic heterocycles. The molecule has 0 fully saturated rings. The van der Waals surface area contributed by atoms with Crippen molar-refractivity contribution in [1.82, 2.24) is 4.57 Å². The Morgan fingerprint density at radius 2 is 1.72 bits per heavy atom. The molecule has 1 amide bonds. The topological polar surface area (TPSA) is 68.2 Å². The van der Waals surface area contributed by atoms with Crippen molar-refractivity contribution in [3.05, 3.63) is 75.5 Å². The number of hydrogen-bond donors (Lipinski definition) is 2. The monoisotopic (exact) mass is 454 g/mol. The highest BCUT2D eigenvalue weighted by Crippen LogP contribution is 2.34. The van der Waals surface area contributed by atoms with Crippen LogP contribution >= 0.6 is 15.9 Å². The molecule has 1 heterocycles. The molecule has 0 aliphatic carbocycles. The van der Waals surface area contributed by atoms with Gasteiger partial charge in [0.05, 0.1) is 5.56 Å². The van der Waals surface area contributed by atoms with Crippen LogP contribution in [0.4, 0.5) is 0 Å². The largest absolute Gasteiger partial charge is 0.508 e. The molecule has 0 radical (unpaired) electrons. The molecule has 152 valence electrons. The van der Waals surface area contributed by atoms with Gasteiger partial charge in [0.15, 0.2) is 0 Å². The third-order valence-electron chi connectivity index (χ3n) is 5.34. The SMILES string of the molecule is CCCCc1c(-c2ccc(Br)cc2)c(C(N)=O)c(C)n1CCc1ccc(O)cc1. The molecule has 0 aliphatic rings. The number of carbonyl (C=O) groups excluding carboxylic acids is 1. The Bertz CT molecular complexity index is 989. The summed E-state index contributed by atoms with van der Waals surface area (Å²) < 4.78 is 3.25. The number of phenolic OH excluding ortho intramolecular Hbond substituents is 1. The summed E-state index contributed by atoms with van der Waals surface area (Å²) in [5.41, 5.74) is 11.6. The van der Waals surface area contributed by atoms with Crippen molar-refractivity contribution in [1.29, 1.82) is 0 Å². The second-order valence-electron chi connectivity index (χ2n) is 7.32. The number of halogens is 1. The number of nitrogens with zero attached hydrogens (tertiary/aromatic N) is 1. The van der Waals surface area contributed by atoms with E-state index in [4.69, 9.17) is 5.73 Å². The number of nitrogens with two attached hydrogens (primary N) is 1. The molecule has 29 heavy (non-hydrogen) atoms. The quantitative estimate of drug-likeness (QED) is 0.463. The Kier molecular flexibility index (Phi) is 6.80. The highest BCUT2D eigenvalue weighted by Gasteiger charge is 2.24. The summed E-state index contributed by atoms with van der Waals surface area (Å²) in [6, 6.07) is 15.3. The van der Waals surface area contributed by atoms with Gasteiger partial charge in [0.25, 0.3) is 5.91 Å². The molecule has 0 atom stereocenters. The second-order valence-corrected chi connectivity index (χ2v) is 8.24. The fourth-order valence-electron chi connectivity index (χ4n) is 3.84. The van der Waals surface area contributed by atoms with Gasteiger partial charge in [-0.05, 0) is 61.6 Å². The first-order valence-corrected chi connectivity index (χ1v) is 10.8. The van der Waals surface area contributed by atoms with Gasteiger partial charge in [0.1, 0.15) is 5.75 Å². The van der Waals surface area contributed by atoms with Gasteiger partial charge < -0.3 is 15.4 Å². The van der Waals surface area contributed by atoms with Crippen molar-refractivity contribution >= 4 is 21.8 Å². The molecule has 3 N–H and O–H groups in total. The minimum Gasteiger partial charge on any atom is -0.508 e. The number of hydrogen-bond acceptors (Lipinski definition) is 2. The van der Waals surface area contributed by atoms with E-state index in [9.17, 15) is 9.90 Å². The van der Waals surface area contributed by atoms with Crippen LogP contribution in [0.1, 0.15) is 47.1 Å². The Morgan fingerprint density at radius 1 is 1.07 bits per heavy atom. The van der Waals surface area contributed by atoms with E-state index in [2.05, 4.69) is 27.4 Å². The van der Waals surface area contributed by atoms with Crippen LogP contribution in [0.5, 0.6) is 5.75 Å². The third kappa shape index (κ3) is 4.73. The Hall–Kier alpha value is -2.53. The number of aromatic nitrogens is 1. The molecule has 3 rings (SSSR count). The van der Waals surface area contributed by atoms with Gasteiger partial charge >= 0.3 is 0 Å². The van der Waals surface area contributed by atoms with Crippen LogP contribution in [-0.4, -0.2) is 15.6 Å². The van der Waals surface area contributed by atoms with Crippen LogP contribution < -0.4 is 5.73 Å². The number of amides is 1. The fraction of sp³-hybridized carbons (Fsp3) is 0.292. The van der Waals surface area contributed by atoms with E-state index in [1.54, 1.807) is 12.1 Å². The van der Waals surface area contributed by atoms with E-state index in [1.165, 1.54) is 5.69 Å². The molecular weight excluding hydrogens is 428 g/mol. The lowest BCUT2D eigenvalue weighted by atomic mass is 9.97.